The maximum atomic E-state index is 12.7. The minimum atomic E-state index is -0.812. The number of likely N-dealkylation sites (tertiary alicyclic amines) is 1. The molecule has 26 heavy (non-hydrogen) atoms. The number of ether oxygens (including phenoxy) is 1. The van der Waals surface area contributed by atoms with Gasteiger partial charge in [0.25, 0.3) is 5.91 Å². The van der Waals surface area contributed by atoms with Crippen LogP contribution in [-0.2, 0) is 16.1 Å². The van der Waals surface area contributed by atoms with E-state index in [-0.39, 0.29) is 36.7 Å². The highest BCUT2D eigenvalue weighted by atomic mass is 16.5. The van der Waals surface area contributed by atoms with Gasteiger partial charge in [0, 0.05) is 38.6 Å². The van der Waals surface area contributed by atoms with Crippen molar-refractivity contribution in [3.8, 4) is 0 Å². The van der Waals surface area contributed by atoms with E-state index in [1.54, 1.807) is 17.0 Å². The lowest BCUT2D eigenvalue weighted by molar-refractivity contribution is -0.137. The van der Waals surface area contributed by atoms with Gasteiger partial charge in [-0.3, -0.25) is 14.5 Å². The van der Waals surface area contributed by atoms with Crippen LogP contribution >= 0.6 is 0 Å². The lowest BCUT2D eigenvalue weighted by Crippen LogP contribution is -2.55. The molecule has 2 saturated heterocycles. The molecule has 0 unspecified atom stereocenters. The number of carbonyl (C=O) groups is 2. The van der Waals surface area contributed by atoms with Crippen LogP contribution in [0.25, 0.3) is 0 Å². The number of nitrogens with zero attached hydrogens (tertiary/aromatic N) is 2. The van der Waals surface area contributed by atoms with Crippen LogP contribution in [0.4, 0.5) is 0 Å². The molecule has 2 fully saturated rings. The summed E-state index contributed by atoms with van der Waals surface area (Å²) in [6.45, 7) is 3.97. The number of aliphatic hydroxyl groups is 1. The summed E-state index contributed by atoms with van der Waals surface area (Å²) in [6.07, 6.45) is 1.45. The van der Waals surface area contributed by atoms with Gasteiger partial charge in [-0.25, -0.2) is 0 Å². The quantitative estimate of drug-likeness (QED) is 0.767. The molecule has 0 radical (unpaired) electrons. The van der Waals surface area contributed by atoms with E-state index in [0.717, 1.165) is 19.5 Å². The van der Waals surface area contributed by atoms with Gasteiger partial charge in [-0.2, -0.15) is 0 Å². The van der Waals surface area contributed by atoms with Crippen molar-refractivity contribution < 1.29 is 29.0 Å². The zero-order chi connectivity index (χ0) is 18.5. The number of morpholine rings is 1. The van der Waals surface area contributed by atoms with Crippen molar-refractivity contribution in [2.75, 3.05) is 39.4 Å². The van der Waals surface area contributed by atoms with Crippen LogP contribution in [-0.4, -0.2) is 77.3 Å². The highest BCUT2D eigenvalue weighted by Crippen LogP contribution is 2.28. The number of rotatable bonds is 6. The minimum absolute atomic E-state index is 0.100. The first-order chi connectivity index (χ1) is 12.6. The van der Waals surface area contributed by atoms with Crippen molar-refractivity contribution in [3.05, 3.63) is 23.7 Å². The van der Waals surface area contributed by atoms with Gasteiger partial charge in [0.15, 0.2) is 5.76 Å². The molecule has 8 nitrogen and oxygen atoms in total. The predicted molar refractivity (Wildman–Crippen MR) is 91.7 cm³/mol. The Morgan fingerprint density at radius 2 is 1.96 bits per heavy atom. The fourth-order valence-corrected chi connectivity index (χ4v) is 3.92. The Balaban J connectivity index is 1.68. The van der Waals surface area contributed by atoms with Crippen LogP contribution in [0.1, 0.15) is 35.6 Å². The van der Waals surface area contributed by atoms with Crippen molar-refractivity contribution in [2.24, 2.45) is 5.92 Å². The zero-order valence-corrected chi connectivity index (χ0v) is 14.8. The second-order valence-corrected chi connectivity index (χ2v) is 6.87. The van der Waals surface area contributed by atoms with Gasteiger partial charge in [-0.1, -0.05) is 0 Å². The first-order valence-corrected chi connectivity index (χ1v) is 9.11. The highest BCUT2D eigenvalue weighted by Gasteiger charge is 2.36. The molecule has 1 aromatic rings. The van der Waals surface area contributed by atoms with Crippen LogP contribution in [0, 0.1) is 5.92 Å². The number of furan rings is 1. The molecule has 0 aliphatic carbocycles. The Labute approximate surface area is 152 Å². The number of carboxylic acids is 1. The van der Waals surface area contributed by atoms with E-state index >= 15 is 0 Å². The van der Waals surface area contributed by atoms with Crippen molar-refractivity contribution in [1.82, 2.24) is 9.80 Å². The molecule has 0 aromatic carbocycles. The predicted octanol–water partition coefficient (Wildman–Crippen LogP) is 0.800. The van der Waals surface area contributed by atoms with E-state index < -0.39 is 5.97 Å². The Hall–Kier alpha value is -1.90. The lowest BCUT2D eigenvalue weighted by atomic mass is 9.86. The fourth-order valence-electron chi connectivity index (χ4n) is 3.92. The highest BCUT2D eigenvalue weighted by molar-refractivity contribution is 5.91. The molecule has 2 N–H and O–H groups in total. The van der Waals surface area contributed by atoms with E-state index in [1.807, 2.05) is 0 Å². The lowest BCUT2D eigenvalue weighted by Gasteiger charge is -2.45. The van der Waals surface area contributed by atoms with Gasteiger partial charge < -0.3 is 24.3 Å². The van der Waals surface area contributed by atoms with Crippen LogP contribution < -0.4 is 0 Å². The SMILES string of the molecule is O=C(O)CC[C@@H]1CN(C(=O)c2ccc(CO)o2)CC[C@@H]1N1CCOCC1. The van der Waals surface area contributed by atoms with E-state index in [0.29, 0.717) is 38.5 Å². The van der Waals surface area contributed by atoms with Crippen LogP contribution in [0.15, 0.2) is 16.5 Å². The van der Waals surface area contributed by atoms with Gasteiger partial charge in [0.2, 0.25) is 0 Å². The second-order valence-electron chi connectivity index (χ2n) is 6.87. The van der Waals surface area contributed by atoms with E-state index in [2.05, 4.69) is 4.90 Å². The van der Waals surface area contributed by atoms with E-state index in [9.17, 15) is 9.59 Å². The molecule has 0 spiro atoms. The van der Waals surface area contributed by atoms with Gasteiger partial charge in [0.1, 0.15) is 12.4 Å². The number of aliphatic carboxylic acids is 1. The third-order valence-corrected chi connectivity index (χ3v) is 5.25. The molecule has 2 aliphatic heterocycles. The molecule has 3 rings (SSSR count). The van der Waals surface area contributed by atoms with Crippen LogP contribution in [0.3, 0.4) is 0 Å². The van der Waals surface area contributed by atoms with Gasteiger partial charge in [-0.05, 0) is 30.9 Å². The Bertz CT molecular complexity index is 625. The van der Waals surface area contributed by atoms with Gasteiger partial charge in [-0.15, -0.1) is 0 Å². The molecular weight excluding hydrogens is 340 g/mol. The van der Waals surface area contributed by atoms with Crippen molar-refractivity contribution in [2.45, 2.75) is 31.9 Å². The second kappa shape index (κ2) is 8.66. The number of hydrogen-bond donors (Lipinski definition) is 2. The molecular formula is C18H26N2O6. The zero-order valence-electron chi connectivity index (χ0n) is 14.8. The summed E-state index contributed by atoms with van der Waals surface area (Å²) < 4.78 is 10.8. The first-order valence-electron chi connectivity index (χ1n) is 9.11. The van der Waals surface area contributed by atoms with Crippen LogP contribution in [0.5, 0.6) is 0 Å². The number of hydrogen-bond acceptors (Lipinski definition) is 6. The number of amides is 1. The molecule has 144 valence electrons. The third kappa shape index (κ3) is 4.44. The Morgan fingerprint density at radius 3 is 2.62 bits per heavy atom. The molecule has 1 aromatic heterocycles. The van der Waals surface area contributed by atoms with Crippen molar-refractivity contribution in [1.29, 1.82) is 0 Å². The molecule has 0 bridgehead atoms. The van der Waals surface area contributed by atoms with E-state index in [1.165, 1.54) is 0 Å². The summed E-state index contributed by atoms with van der Waals surface area (Å²) in [5.74, 6) is -0.331. The number of carboxylic acid groups (broad SMARTS) is 1. The van der Waals surface area contributed by atoms with Gasteiger partial charge >= 0.3 is 5.97 Å². The molecule has 3 heterocycles. The third-order valence-electron chi connectivity index (χ3n) is 5.25. The molecule has 8 heteroatoms. The summed E-state index contributed by atoms with van der Waals surface area (Å²) in [6, 6.07) is 3.44. The largest absolute Gasteiger partial charge is 0.481 e. The fraction of sp³-hybridized carbons (Fsp3) is 0.667. The minimum Gasteiger partial charge on any atom is -0.481 e. The summed E-state index contributed by atoms with van der Waals surface area (Å²) in [4.78, 5) is 27.9. The topological polar surface area (TPSA) is 103 Å². The molecule has 2 aliphatic rings. The smallest absolute Gasteiger partial charge is 0.303 e. The average Bonchev–Trinajstić information content (AvgIpc) is 3.15. The average molecular weight is 366 g/mol. The number of carbonyl (C=O) groups excluding carboxylic acids is 1. The van der Waals surface area contributed by atoms with Gasteiger partial charge in [0.05, 0.1) is 13.2 Å². The van der Waals surface area contributed by atoms with E-state index in [4.69, 9.17) is 19.4 Å². The maximum absolute atomic E-state index is 12.7. The normalized spacial score (nSPS) is 24.6. The Morgan fingerprint density at radius 1 is 1.19 bits per heavy atom. The number of aliphatic hydroxyl groups excluding tert-OH is 1. The maximum Gasteiger partial charge on any atom is 0.303 e. The first kappa shape index (κ1) is 18.9. The molecule has 0 saturated carbocycles. The van der Waals surface area contributed by atoms with Crippen molar-refractivity contribution >= 4 is 11.9 Å². The van der Waals surface area contributed by atoms with Crippen molar-refractivity contribution in [3.63, 3.8) is 0 Å². The standard InChI is InChI=1S/C18H26N2O6/c21-12-14-2-3-16(26-14)18(24)20-6-5-15(19-7-9-25-10-8-19)13(11-20)1-4-17(22)23/h2-3,13,15,21H,1,4-12H2,(H,22,23)/t13-,15+/m1/s1. The summed E-state index contributed by atoms with van der Waals surface area (Å²) in [5.41, 5.74) is 0. The monoisotopic (exact) mass is 366 g/mol. The molecule has 1 amide bonds. The summed E-state index contributed by atoms with van der Waals surface area (Å²) >= 11 is 0. The van der Waals surface area contributed by atoms with Crippen LogP contribution in [0.2, 0.25) is 0 Å². The summed E-state index contributed by atoms with van der Waals surface area (Å²) in [7, 11) is 0. The Kier molecular flexibility index (Phi) is 6.29. The summed E-state index contributed by atoms with van der Waals surface area (Å²) in [5, 5.41) is 18.2. The molecule has 2 atom stereocenters. The number of piperidine rings is 1.